The summed E-state index contributed by atoms with van der Waals surface area (Å²) in [7, 11) is 0. The zero-order chi connectivity index (χ0) is 13.9. The largest absolute Gasteiger partial charge is 0.375 e. The van der Waals surface area contributed by atoms with Gasteiger partial charge in [0.05, 0.1) is 28.1 Å². The lowest BCUT2D eigenvalue weighted by Crippen LogP contribution is -2.20. The van der Waals surface area contributed by atoms with Crippen LogP contribution >= 0.6 is 11.3 Å². The Hall–Kier alpha value is -1.55. The van der Waals surface area contributed by atoms with Crippen molar-refractivity contribution in [3.05, 3.63) is 40.3 Å². The van der Waals surface area contributed by atoms with Crippen molar-refractivity contribution in [2.75, 3.05) is 23.3 Å². The van der Waals surface area contributed by atoms with Gasteiger partial charge in [0, 0.05) is 18.5 Å². The third-order valence-corrected chi connectivity index (χ3v) is 4.59. The number of thiazole rings is 1. The summed E-state index contributed by atoms with van der Waals surface area (Å²) in [6.07, 6.45) is 2.60. The van der Waals surface area contributed by atoms with Crippen molar-refractivity contribution in [3.63, 3.8) is 0 Å². The Kier molecular flexibility index (Phi) is 3.92. The monoisotopic (exact) mass is 287 g/mol. The van der Waals surface area contributed by atoms with Crippen LogP contribution in [-0.4, -0.2) is 18.1 Å². The van der Waals surface area contributed by atoms with Crippen molar-refractivity contribution in [3.8, 4) is 0 Å². The second-order valence-electron chi connectivity index (χ2n) is 5.37. The van der Waals surface area contributed by atoms with Gasteiger partial charge in [-0.1, -0.05) is 12.1 Å². The van der Waals surface area contributed by atoms with Gasteiger partial charge in [-0.05, 0) is 38.8 Å². The van der Waals surface area contributed by atoms with Gasteiger partial charge in [0.15, 0.2) is 0 Å². The van der Waals surface area contributed by atoms with Gasteiger partial charge in [-0.15, -0.1) is 11.3 Å². The van der Waals surface area contributed by atoms with Crippen molar-refractivity contribution in [1.29, 1.82) is 0 Å². The average molecular weight is 287 g/mol. The Morgan fingerprint density at radius 1 is 1.25 bits per heavy atom. The summed E-state index contributed by atoms with van der Waals surface area (Å²) in [5, 5.41) is 6.89. The molecule has 1 unspecified atom stereocenters. The third-order valence-electron chi connectivity index (χ3n) is 3.80. The highest BCUT2D eigenvalue weighted by Gasteiger charge is 2.17. The lowest BCUT2D eigenvalue weighted by molar-refractivity contribution is 0.842. The van der Waals surface area contributed by atoms with Gasteiger partial charge in [0.25, 0.3) is 0 Å². The van der Waals surface area contributed by atoms with E-state index in [1.807, 2.05) is 0 Å². The van der Waals surface area contributed by atoms with Gasteiger partial charge in [-0.3, -0.25) is 0 Å². The number of benzene rings is 1. The molecule has 4 heteroatoms. The average Bonchev–Trinajstić information content (AvgIpc) is 3.10. The molecule has 1 aliphatic rings. The quantitative estimate of drug-likeness (QED) is 0.912. The van der Waals surface area contributed by atoms with Crippen molar-refractivity contribution in [2.45, 2.75) is 32.7 Å². The molecule has 0 amide bonds. The fourth-order valence-corrected chi connectivity index (χ4v) is 3.42. The lowest BCUT2D eigenvalue weighted by Gasteiger charge is -2.23. The molecule has 2 heterocycles. The van der Waals surface area contributed by atoms with E-state index in [2.05, 4.69) is 58.7 Å². The minimum atomic E-state index is 0.240. The molecule has 1 aromatic carbocycles. The zero-order valence-corrected chi connectivity index (χ0v) is 12.9. The maximum atomic E-state index is 4.58. The van der Waals surface area contributed by atoms with Gasteiger partial charge in [-0.2, -0.15) is 0 Å². The highest BCUT2D eigenvalue weighted by Crippen LogP contribution is 2.31. The molecule has 2 aromatic rings. The number of aromatic nitrogens is 1. The van der Waals surface area contributed by atoms with Crippen LogP contribution in [0.5, 0.6) is 0 Å². The second kappa shape index (κ2) is 5.83. The number of para-hydroxylation sites is 2. The van der Waals surface area contributed by atoms with E-state index in [1.165, 1.54) is 37.3 Å². The molecule has 106 valence electrons. The number of hydrogen-bond acceptors (Lipinski definition) is 4. The van der Waals surface area contributed by atoms with E-state index in [1.54, 1.807) is 11.3 Å². The van der Waals surface area contributed by atoms with Crippen molar-refractivity contribution in [2.24, 2.45) is 0 Å². The Bertz CT molecular complexity index is 573. The van der Waals surface area contributed by atoms with Gasteiger partial charge < -0.3 is 10.2 Å². The molecule has 1 saturated heterocycles. The van der Waals surface area contributed by atoms with Crippen LogP contribution in [0.2, 0.25) is 0 Å². The number of hydrogen-bond donors (Lipinski definition) is 1. The van der Waals surface area contributed by atoms with Crippen LogP contribution in [0.1, 0.15) is 36.5 Å². The maximum Gasteiger partial charge on any atom is 0.0898 e. The molecule has 0 bridgehead atoms. The normalized spacial score (nSPS) is 16.4. The minimum absolute atomic E-state index is 0.240. The Labute approximate surface area is 124 Å². The van der Waals surface area contributed by atoms with Gasteiger partial charge >= 0.3 is 0 Å². The highest BCUT2D eigenvalue weighted by molar-refractivity contribution is 7.09. The summed E-state index contributed by atoms with van der Waals surface area (Å²) >= 11 is 1.71. The van der Waals surface area contributed by atoms with Crippen LogP contribution in [0.3, 0.4) is 0 Å². The van der Waals surface area contributed by atoms with Crippen LogP contribution in [-0.2, 0) is 0 Å². The van der Waals surface area contributed by atoms with E-state index < -0.39 is 0 Å². The molecule has 0 radical (unpaired) electrons. The minimum Gasteiger partial charge on any atom is -0.375 e. The number of nitrogens with one attached hydrogen (secondary N) is 1. The Balaban J connectivity index is 1.79. The third kappa shape index (κ3) is 2.80. The van der Waals surface area contributed by atoms with Gasteiger partial charge in [0.1, 0.15) is 0 Å². The fourth-order valence-electron chi connectivity index (χ4n) is 2.72. The molecule has 0 aliphatic carbocycles. The molecule has 1 aromatic heterocycles. The fraction of sp³-hybridized carbons (Fsp3) is 0.438. The number of rotatable bonds is 4. The van der Waals surface area contributed by atoms with Crippen LogP contribution < -0.4 is 10.2 Å². The molecule has 1 fully saturated rings. The van der Waals surface area contributed by atoms with Gasteiger partial charge in [-0.25, -0.2) is 4.98 Å². The SMILES string of the molecule is Cc1nc(C(C)Nc2ccccc2N2CCCC2)cs1. The molecule has 3 nitrogen and oxygen atoms in total. The molecule has 20 heavy (non-hydrogen) atoms. The predicted molar refractivity (Wildman–Crippen MR) is 86.8 cm³/mol. The molecular formula is C16H21N3S. The molecule has 1 aliphatic heterocycles. The number of nitrogens with zero attached hydrogens (tertiary/aromatic N) is 2. The summed E-state index contributed by atoms with van der Waals surface area (Å²) in [6.45, 7) is 6.57. The molecule has 1 N–H and O–H groups in total. The Morgan fingerprint density at radius 2 is 2.00 bits per heavy atom. The summed E-state index contributed by atoms with van der Waals surface area (Å²) in [5.74, 6) is 0. The first-order valence-electron chi connectivity index (χ1n) is 7.26. The van der Waals surface area contributed by atoms with Crippen LogP contribution in [0, 0.1) is 6.92 Å². The first-order chi connectivity index (χ1) is 9.74. The van der Waals surface area contributed by atoms with Crippen molar-refractivity contribution in [1.82, 2.24) is 4.98 Å². The van der Waals surface area contributed by atoms with Gasteiger partial charge in [0.2, 0.25) is 0 Å². The van der Waals surface area contributed by atoms with E-state index in [4.69, 9.17) is 0 Å². The highest BCUT2D eigenvalue weighted by atomic mass is 32.1. The zero-order valence-electron chi connectivity index (χ0n) is 12.1. The summed E-state index contributed by atoms with van der Waals surface area (Å²) < 4.78 is 0. The molecule has 0 saturated carbocycles. The maximum absolute atomic E-state index is 4.58. The topological polar surface area (TPSA) is 28.2 Å². The Morgan fingerprint density at radius 3 is 2.70 bits per heavy atom. The number of aryl methyl sites for hydroxylation is 1. The first kappa shape index (κ1) is 13.4. The summed E-state index contributed by atoms with van der Waals surface area (Å²) in [6, 6.07) is 8.84. The second-order valence-corrected chi connectivity index (χ2v) is 6.43. The molecule has 0 spiro atoms. The summed E-state index contributed by atoms with van der Waals surface area (Å²) in [4.78, 5) is 7.05. The summed E-state index contributed by atoms with van der Waals surface area (Å²) in [5.41, 5.74) is 3.67. The van der Waals surface area contributed by atoms with Crippen molar-refractivity contribution >= 4 is 22.7 Å². The van der Waals surface area contributed by atoms with E-state index >= 15 is 0 Å². The standard InChI is InChI=1S/C16H21N3S/c1-12(15-11-20-13(2)18-15)17-14-7-3-4-8-16(14)19-9-5-6-10-19/h3-4,7-8,11-12,17H,5-6,9-10H2,1-2H3. The van der Waals surface area contributed by atoms with Crippen LogP contribution in [0.4, 0.5) is 11.4 Å². The van der Waals surface area contributed by atoms with E-state index in [9.17, 15) is 0 Å². The lowest BCUT2D eigenvalue weighted by atomic mass is 10.2. The molecular weight excluding hydrogens is 266 g/mol. The molecule has 3 rings (SSSR count). The first-order valence-corrected chi connectivity index (χ1v) is 8.14. The van der Waals surface area contributed by atoms with E-state index in [-0.39, 0.29) is 6.04 Å². The van der Waals surface area contributed by atoms with E-state index in [0.717, 1.165) is 10.7 Å². The number of anilines is 2. The van der Waals surface area contributed by atoms with Crippen molar-refractivity contribution < 1.29 is 0 Å². The smallest absolute Gasteiger partial charge is 0.0898 e. The van der Waals surface area contributed by atoms with E-state index in [0.29, 0.717) is 0 Å². The predicted octanol–water partition coefficient (Wildman–Crippen LogP) is 4.22. The van der Waals surface area contributed by atoms with Crippen LogP contribution in [0.15, 0.2) is 29.6 Å². The van der Waals surface area contributed by atoms with Crippen LogP contribution in [0.25, 0.3) is 0 Å². The molecule has 1 atom stereocenters.